The van der Waals surface area contributed by atoms with Crippen molar-refractivity contribution in [3.8, 4) is 5.75 Å². The highest BCUT2D eigenvalue weighted by atomic mass is 19.1. The smallest absolute Gasteiger partial charge is 0.169 e. The molecule has 1 aromatic carbocycles. The van der Waals surface area contributed by atoms with Gasteiger partial charge in [-0.05, 0) is 31.7 Å². The normalized spacial score (nSPS) is 19.2. The Morgan fingerprint density at radius 2 is 2.05 bits per heavy atom. The van der Waals surface area contributed by atoms with Crippen molar-refractivity contribution in [2.24, 2.45) is 5.92 Å². The van der Waals surface area contributed by atoms with E-state index in [1.807, 2.05) is 6.92 Å². The van der Waals surface area contributed by atoms with Gasteiger partial charge in [0.1, 0.15) is 0 Å². The molecule has 1 aliphatic rings. The van der Waals surface area contributed by atoms with Gasteiger partial charge >= 0.3 is 0 Å². The van der Waals surface area contributed by atoms with Gasteiger partial charge in [0.2, 0.25) is 0 Å². The molecule has 21 heavy (non-hydrogen) atoms. The predicted molar refractivity (Wildman–Crippen MR) is 81.9 cm³/mol. The van der Waals surface area contributed by atoms with E-state index in [0.29, 0.717) is 18.0 Å². The molecule has 1 aliphatic carbocycles. The largest absolute Gasteiger partial charge is 0.494 e. The van der Waals surface area contributed by atoms with Gasteiger partial charge in [-0.1, -0.05) is 31.4 Å². The first-order valence-corrected chi connectivity index (χ1v) is 7.78. The zero-order chi connectivity index (χ0) is 15.3. The minimum Gasteiger partial charge on any atom is -0.494 e. The van der Waals surface area contributed by atoms with Crippen LogP contribution in [-0.4, -0.2) is 24.4 Å². The number of benzene rings is 1. The minimum atomic E-state index is -0.351. The Hall–Kier alpha value is -1.13. The molecular weight excluding hydrogens is 269 g/mol. The number of hydrogen-bond donors (Lipinski definition) is 2. The first kappa shape index (κ1) is 16.2. The summed E-state index contributed by atoms with van der Waals surface area (Å²) in [6.07, 6.45) is 5.97. The second-order valence-corrected chi connectivity index (χ2v) is 6.20. The van der Waals surface area contributed by atoms with Gasteiger partial charge in [-0.3, -0.25) is 0 Å². The summed E-state index contributed by atoms with van der Waals surface area (Å²) >= 11 is 0. The summed E-state index contributed by atoms with van der Waals surface area (Å²) in [5.41, 5.74) is 0.223. The summed E-state index contributed by atoms with van der Waals surface area (Å²) < 4.78 is 19.2. The number of hydrogen-bond acceptors (Lipinski definition) is 3. The van der Waals surface area contributed by atoms with Gasteiger partial charge in [-0.15, -0.1) is 0 Å². The molecule has 2 N–H and O–H groups in total. The molecule has 3 nitrogen and oxygen atoms in total. The lowest BCUT2D eigenvalue weighted by Crippen LogP contribution is -2.52. The summed E-state index contributed by atoms with van der Waals surface area (Å²) in [6, 6.07) is 5.16. The second kappa shape index (κ2) is 7.23. The Balaban J connectivity index is 2.05. The first-order chi connectivity index (χ1) is 10.1. The molecule has 0 saturated heterocycles. The average Bonchev–Trinajstić information content (AvgIpc) is 2.54. The Kier molecular flexibility index (Phi) is 5.59. The maximum Gasteiger partial charge on any atom is 0.169 e. The maximum absolute atomic E-state index is 14.2. The van der Waals surface area contributed by atoms with Gasteiger partial charge in [-0.25, -0.2) is 4.39 Å². The van der Waals surface area contributed by atoms with Crippen molar-refractivity contribution in [2.45, 2.75) is 51.1 Å². The molecule has 0 aromatic heterocycles. The molecule has 0 heterocycles. The van der Waals surface area contributed by atoms with E-state index in [2.05, 4.69) is 5.32 Å². The molecule has 118 valence electrons. The summed E-state index contributed by atoms with van der Waals surface area (Å²) in [5.74, 6) is 0.388. The number of rotatable bonds is 6. The van der Waals surface area contributed by atoms with E-state index in [4.69, 9.17) is 4.74 Å². The van der Waals surface area contributed by atoms with Crippen LogP contribution in [-0.2, 0) is 6.54 Å². The van der Waals surface area contributed by atoms with Crippen LogP contribution in [0.25, 0.3) is 0 Å². The molecule has 1 unspecified atom stereocenters. The fraction of sp³-hybridized carbons (Fsp3) is 0.647. The topological polar surface area (TPSA) is 41.5 Å². The lowest BCUT2D eigenvalue weighted by molar-refractivity contribution is 0.0934. The fourth-order valence-electron chi connectivity index (χ4n) is 3.22. The van der Waals surface area contributed by atoms with E-state index in [1.54, 1.807) is 18.2 Å². The van der Waals surface area contributed by atoms with Crippen molar-refractivity contribution in [2.75, 3.05) is 13.7 Å². The molecule has 0 bridgehead atoms. The van der Waals surface area contributed by atoms with Gasteiger partial charge in [0, 0.05) is 17.6 Å². The van der Waals surface area contributed by atoms with Crippen LogP contribution in [0.2, 0.25) is 0 Å². The third kappa shape index (κ3) is 3.74. The standard InChI is InChI=1S/C17H26FNO2/c1-17(12-20,14-8-4-3-5-9-14)19-11-13-7-6-10-15(21-2)16(13)18/h6-7,10,14,19-20H,3-5,8-9,11-12H2,1-2H3. The highest BCUT2D eigenvalue weighted by Crippen LogP contribution is 2.33. The van der Waals surface area contributed by atoms with E-state index in [-0.39, 0.29) is 23.7 Å². The highest BCUT2D eigenvalue weighted by molar-refractivity contribution is 5.31. The van der Waals surface area contributed by atoms with Crippen molar-refractivity contribution in [3.05, 3.63) is 29.6 Å². The Morgan fingerprint density at radius 1 is 1.33 bits per heavy atom. The van der Waals surface area contributed by atoms with E-state index >= 15 is 0 Å². The third-order valence-electron chi connectivity index (χ3n) is 4.78. The van der Waals surface area contributed by atoms with Crippen molar-refractivity contribution in [1.29, 1.82) is 0 Å². The van der Waals surface area contributed by atoms with E-state index in [9.17, 15) is 9.50 Å². The van der Waals surface area contributed by atoms with Crippen LogP contribution < -0.4 is 10.1 Å². The Labute approximate surface area is 126 Å². The lowest BCUT2D eigenvalue weighted by atomic mass is 9.76. The van der Waals surface area contributed by atoms with Crippen LogP contribution in [0.4, 0.5) is 4.39 Å². The van der Waals surface area contributed by atoms with Crippen LogP contribution in [0.15, 0.2) is 18.2 Å². The van der Waals surface area contributed by atoms with E-state index < -0.39 is 0 Å². The number of methoxy groups -OCH3 is 1. The summed E-state index contributed by atoms with van der Waals surface area (Å²) in [6.45, 7) is 2.51. The van der Waals surface area contributed by atoms with Crippen LogP contribution >= 0.6 is 0 Å². The Bertz CT molecular complexity index is 460. The third-order valence-corrected chi connectivity index (χ3v) is 4.78. The number of nitrogens with one attached hydrogen (secondary N) is 1. The molecule has 1 saturated carbocycles. The van der Waals surface area contributed by atoms with Crippen molar-refractivity contribution >= 4 is 0 Å². The van der Waals surface area contributed by atoms with Crippen LogP contribution in [0, 0.1) is 11.7 Å². The number of aliphatic hydroxyl groups is 1. The predicted octanol–water partition coefficient (Wildman–Crippen LogP) is 3.26. The van der Waals surface area contributed by atoms with Crippen LogP contribution in [0.3, 0.4) is 0 Å². The van der Waals surface area contributed by atoms with Gasteiger partial charge < -0.3 is 15.2 Å². The summed E-state index contributed by atoms with van der Waals surface area (Å²) in [5, 5.41) is 13.2. The SMILES string of the molecule is COc1cccc(CNC(C)(CO)C2CCCCC2)c1F. The molecule has 2 rings (SSSR count). The van der Waals surface area contributed by atoms with Crippen molar-refractivity contribution in [1.82, 2.24) is 5.32 Å². The highest BCUT2D eigenvalue weighted by Gasteiger charge is 2.34. The van der Waals surface area contributed by atoms with Gasteiger partial charge in [0.15, 0.2) is 11.6 Å². The van der Waals surface area contributed by atoms with Gasteiger partial charge in [0.05, 0.1) is 13.7 Å². The quantitative estimate of drug-likeness (QED) is 0.846. The molecule has 0 spiro atoms. The maximum atomic E-state index is 14.2. The number of ether oxygens (including phenoxy) is 1. The van der Waals surface area contributed by atoms with Crippen LogP contribution in [0.1, 0.15) is 44.6 Å². The fourth-order valence-corrected chi connectivity index (χ4v) is 3.22. The molecule has 0 aliphatic heterocycles. The molecule has 0 radical (unpaired) electrons. The molecule has 0 amide bonds. The second-order valence-electron chi connectivity index (χ2n) is 6.20. The van der Waals surface area contributed by atoms with Crippen LogP contribution in [0.5, 0.6) is 5.75 Å². The molecule has 4 heteroatoms. The minimum absolute atomic E-state index is 0.0727. The van der Waals surface area contributed by atoms with Gasteiger partial charge in [-0.2, -0.15) is 0 Å². The lowest BCUT2D eigenvalue weighted by Gasteiger charge is -2.39. The van der Waals surface area contributed by atoms with E-state index in [1.165, 1.54) is 26.4 Å². The number of halogens is 1. The average molecular weight is 295 g/mol. The monoisotopic (exact) mass is 295 g/mol. The van der Waals surface area contributed by atoms with Gasteiger partial charge in [0.25, 0.3) is 0 Å². The molecular formula is C17H26FNO2. The zero-order valence-electron chi connectivity index (χ0n) is 13.0. The molecule has 1 atom stereocenters. The first-order valence-electron chi connectivity index (χ1n) is 7.78. The number of aliphatic hydroxyl groups excluding tert-OH is 1. The van der Waals surface area contributed by atoms with E-state index in [0.717, 1.165) is 12.8 Å². The van der Waals surface area contributed by atoms with Crippen molar-refractivity contribution < 1.29 is 14.2 Å². The Morgan fingerprint density at radius 3 is 2.67 bits per heavy atom. The zero-order valence-corrected chi connectivity index (χ0v) is 13.0. The summed E-state index contributed by atoms with van der Waals surface area (Å²) in [4.78, 5) is 0. The molecule has 1 fully saturated rings. The van der Waals surface area contributed by atoms with Crippen molar-refractivity contribution in [3.63, 3.8) is 0 Å². The molecule has 1 aromatic rings. The summed E-state index contributed by atoms with van der Waals surface area (Å²) in [7, 11) is 1.47.